The van der Waals surface area contributed by atoms with Gasteiger partial charge in [-0.1, -0.05) is 12.1 Å². The standard InChI is InChI=1S/C14H17N5O3S2/c15-13(16)18-14-17-12(9-23-14)10-1-3-11(4-2-10)24(20,21)19-5-7-22-8-6-19/h1-4,9H,5-8H2,(H4,15,16,17,18). The molecule has 1 aliphatic rings. The van der Waals surface area contributed by atoms with Crippen LogP contribution >= 0.6 is 11.3 Å². The first-order valence-corrected chi connectivity index (χ1v) is 9.52. The van der Waals surface area contributed by atoms with Crippen LogP contribution in [0.15, 0.2) is 39.5 Å². The summed E-state index contributed by atoms with van der Waals surface area (Å²) in [6.45, 7) is 1.59. The second-order valence-electron chi connectivity index (χ2n) is 5.09. The number of sulfonamides is 1. The molecule has 1 aromatic carbocycles. The van der Waals surface area contributed by atoms with Gasteiger partial charge in [0.1, 0.15) is 0 Å². The number of ether oxygens (including phenoxy) is 1. The summed E-state index contributed by atoms with van der Waals surface area (Å²) in [5, 5.41) is 2.27. The van der Waals surface area contributed by atoms with Gasteiger partial charge in [-0.15, -0.1) is 11.3 Å². The largest absolute Gasteiger partial charge is 0.379 e. The molecule has 2 aromatic rings. The molecule has 0 atom stereocenters. The Hall–Kier alpha value is -2.01. The van der Waals surface area contributed by atoms with Crippen LogP contribution in [0.4, 0.5) is 5.13 Å². The summed E-state index contributed by atoms with van der Waals surface area (Å²) in [6.07, 6.45) is 0. The molecule has 1 saturated heterocycles. The van der Waals surface area contributed by atoms with Crippen molar-refractivity contribution in [1.29, 1.82) is 0 Å². The molecule has 3 rings (SSSR count). The Kier molecular flexibility index (Phi) is 4.81. The summed E-state index contributed by atoms with van der Waals surface area (Å²) < 4.78 is 31.8. The number of morpholine rings is 1. The summed E-state index contributed by atoms with van der Waals surface area (Å²) in [5.74, 6) is -0.0529. The fourth-order valence-corrected chi connectivity index (χ4v) is 4.42. The number of nitrogens with two attached hydrogens (primary N) is 2. The van der Waals surface area contributed by atoms with Crippen molar-refractivity contribution in [3.63, 3.8) is 0 Å². The summed E-state index contributed by atoms with van der Waals surface area (Å²) in [6, 6.07) is 6.61. The molecule has 0 radical (unpaired) electrons. The van der Waals surface area contributed by atoms with Crippen LogP contribution in [0.5, 0.6) is 0 Å². The zero-order chi connectivity index (χ0) is 17.2. The number of benzene rings is 1. The van der Waals surface area contributed by atoms with Crippen molar-refractivity contribution in [3.8, 4) is 11.3 Å². The number of hydrogen-bond acceptors (Lipinski definition) is 6. The van der Waals surface area contributed by atoms with Gasteiger partial charge >= 0.3 is 0 Å². The molecule has 10 heteroatoms. The van der Waals surface area contributed by atoms with Gasteiger partial charge in [-0.05, 0) is 12.1 Å². The first-order chi connectivity index (χ1) is 11.5. The van der Waals surface area contributed by atoms with E-state index < -0.39 is 10.0 Å². The Morgan fingerprint density at radius 1 is 1.21 bits per heavy atom. The number of hydrogen-bond donors (Lipinski definition) is 2. The zero-order valence-corrected chi connectivity index (χ0v) is 14.4. The van der Waals surface area contributed by atoms with Crippen LogP contribution in [0.1, 0.15) is 0 Å². The van der Waals surface area contributed by atoms with Gasteiger partial charge in [-0.2, -0.15) is 9.30 Å². The monoisotopic (exact) mass is 367 g/mol. The highest BCUT2D eigenvalue weighted by Gasteiger charge is 2.26. The van der Waals surface area contributed by atoms with Crippen molar-refractivity contribution in [3.05, 3.63) is 29.6 Å². The van der Waals surface area contributed by atoms with E-state index in [1.807, 2.05) is 5.38 Å². The molecule has 0 aliphatic carbocycles. The minimum atomic E-state index is -3.49. The minimum Gasteiger partial charge on any atom is -0.379 e. The van der Waals surface area contributed by atoms with Crippen molar-refractivity contribution in [1.82, 2.24) is 9.29 Å². The molecule has 8 nitrogen and oxygen atoms in total. The molecule has 0 amide bonds. The van der Waals surface area contributed by atoms with Crippen LogP contribution in [-0.4, -0.2) is 50.0 Å². The van der Waals surface area contributed by atoms with E-state index in [2.05, 4.69) is 9.98 Å². The van der Waals surface area contributed by atoms with Gasteiger partial charge in [-0.25, -0.2) is 13.4 Å². The van der Waals surface area contributed by atoms with E-state index in [0.29, 0.717) is 37.1 Å². The third-order valence-electron chi connectivity index (χ3n) is 3.47. The number of aliphatic imine (C=N–C) groups is 1. The molecule has 128 valence electrons. The number of rotatable bonds is 4. The quantitative estimate of drug-likeness (QED) is 0.606. The minimum absolute atomic E-state index is 0.0529. The second kappa shape index (κ2) is 6.85. The van der Waals surface area contributed by atoms with Gasteiger partial charge in [-0.3, -0.25) is 0 Å². The van der Waals surface area contributed by atoms with Crippen molar-refractivity contribution in [2.75, 3.05) is 26.3 Å². The van der Waals surface area contributed by atoms with E-state index in [9.17, 15) is 8.42 Å². The predicted molar refractivity (Wildman–Crippen MR) is 92.6 cm³/mol. The van der Waals surface area contributed by atoms with Crippen LogP contribution in [-0.2, 0) is 14.8 Å². The first-order valence-electron chi connectivity index (χ1n) is 7.20. The van der Waals surface area contributed by atoms with Gasteiger partial charge in [0.25, 0.3) is 0 Å². The topological polar surface area (TPSA) is 124 Å². The van der Waals surface area contributed by atoms with E-state index in [4.69, 9.17) is 16.2 Å². The summed E-state index contributed by atoms with van der Waals surface area (Å²) in [7, 11) is -3.49. The Labute approximate surface area is 143 Å². The molecule has 1 aliphatic heterocycles. The molecular formula is C14H17N5O3S2. The smallest absolute Gasteiger partial charge is 0.243 e. The SMILES string of the molecule is NC(N)=Nc1nc(-c2ccc(S(=O)(=O)N3CCOCC3)cc2)cs1. The fraction of sp³-hybridized carbons (Fsp3) is 0.286. The fourth-order valence-electron chi connectivity index (χ4n) is 2.29. The Morgan fingerprint density at radius 3 is 2.50 bits per heavy atom. The molecule has 2 heterocycles. The van der Waals surface area contributed by atoms with Crippen LogP contribution in [0, 0.1) is 0 Å². The molecule has 0 bridgehead atoms. The maximum absolute atomic E-state index is 12.6. The van der Waals surface area contributed by atoms with E-state index >= 15 is 0 Å². The van der Waals surface area contributed by atoms with E-state index in [1.165, 1.54) is 15.6 Å². The molecule has 24 heavy (non-hydrogen) atoms. The Balaban J connectivity index is 1.82. The second-order valence-corrected chi connectivity index (χ2v) is 7.87. The van der Waals surface area contributed by atoms with Crippen LogP contribution in [0.3, 0.4) is 0 Å². The average molecular weight is 367 g/mol. The highest BCUT2D eigenvalue weighted by atomic mass is 32.2. The number of guanidine groups is 1. The van der Waals surface area contributed by atoms with Crippen LogP contribution in [0.25, 0.3) is 11.3 Å². The highest BCUT2D eigenvalue weighted by Crippen LogP contribution is 2.28. The third kappa shape index (κ3) is 3.56. The molecule has 4 N–H and O–H groups in total. The molecule has 1 fully saturated rings. The van der Waals surface area contributed by atoms with Crippen LogP contribution < -0.4 is 11.5 Å². The van der Waals surface area contributed by atoms with Gasteiger partial charge in [0, 0.05) is 24.0 Å². The molecule has 0 saturated carbocycles. The van der Waals surface area contributed by atoms with Gasteiger partial charge in [0.2, 0.25) is 15.2 Å². The van der Waals surface area contributed by atoms with E-state index in [0.717, 1.165) is 5.56 Å². The maximum atomic E-state index is 12.6. The van der Waals surface area contributed by atoms with Gasteiger partial charge in [0.05, 0.1) is 23.8 Å². The van der Waals surface area contributed by atoms with Crippen LogP contribution in [0.2, 0.25) is 0 Å². The van der Waals surface area contributed by atoms with Gasteiger partial charge in [0.15, 0.2) is 5.96 Å². The van der Waals surface area contributed by atoms with Crippen molar-refractivity contribution in [2.24, 2.45) is 16.5 Å². The predicted octanol–water partition coefficient (Wildman–Crippen LogP) is 0.736. The molecule has 0 unspecified atom stereocenters. The molecule has 0 spiro atoms. The first kappa shape index (κ1) is 16.8. The third-order valence-corrected chi connectivity index (χ3v) is 6.12. The Morgan fingerprint density at radius 2 is 1.88 bits per heavy atom. The van der Waals surface area contributed by atoms with Crippen molar-refractivity contribution in [2.45, 2.75) is 4.90 Å². The number of nitrogens with zero attached hydrogens (tertiary/aromatic N) is 3. The lowest BCUT2D eigenvalue weighted by molar-refractivity contribution is 0.0730. The lowest BCUT2D eigenvalue weighted by Gasteiger charge is -2.26. The molecular weight excluding hydrogens is 350 g/mol. The summed E-state index contributed by atoms with van der Waals surface area (Å²) in [4.78, 5) is 8.44. The summed E-state index contributed by atoms with van der Waals surface area (Å²) >= 11 is 1.31. The average Bonchev–Trinajstić information content (AvgIpc) is 3.03. The van der Waals surface area contributed by atoms with Crippen molar-refractivity contribution < 1.29 is 13.2 Å². The highest BCUT2D eigenvalue weighted by molar-refractivity contribution is 7.89. The number of thiazole rings is 1. The lowest BCUT2D eigenvalue weighted by atomic mass is 10.2. The number of aromatic nitrogens is 1. The van der Waals surface area contributed by atoms with E-state index in [1.54, 1.807) is 24.3 Å². The lowest BCUT2D eigenvalue weighted by Crippen LogP contribution is -2.40. The zero-order valence-electron chi connectivity index (χ0n) is 12.8. The Bertz CT molecular complexity index is 836. The maximum Gasteiger partial charge on any atom is 0.243 e. The van der Waals surface area contributed by atoms with E-state index in [-0.39, 0.29) is 10.9 Å². The van der Waals surface area contributed by atoms with Gasteiger partial charge < -0.3 is 16.2 Å². The van der Waals surface area contributed by atoms with Crippen molar-refractivity contribution >= 4 is 32.5 Å². The molecule has 1 aromatic heterocycles. The summed E-state index contributed by atoms with van der Waals surface area (Å²) in [5.41, 5.74) is 12.1. The normalized spacial score (nSPS) is 16.0.